The first kappa shape index (κ1) is 52.8. The minimum absolute atomic E-state index is 0. The zero-order valence-corrected chi connectivity index (χ0v) is 8.75. The minimum atomic E-state index is 0. The Kier molecular flexibility index (Phi) is 327. The van der Waals surface area contributed by atoms with Crippen molar-refractivity contribution >= 4 is 59.3 Å². The van der Waals surface area contributed by atoms with E-state index in [9.17, 15) is 0 Å². The summed E-state index contributed by atoms with van der Waals surface area (Å²) < 4.78 is 0. The van der Waals surface area contributed by atoms with E-state index in [4.69, 9.17) is 0 Å². The van der Waals surface area contributed by atoms with Gasteiger partial charge in [0.25, 0.3) is 0 Å². The number of hydrogen-bond acceptors (Lipinski definition) is 0. The molecule has 0 aromatic heterocycles. The van der Waals surface area contributed by atoms with Crippen molar-refractivity contribution in [2.24, 2.45) is 0 Å². The summed E-state index contributed by atoms with van der Waals surface area (Å²) in [5.74, 6) is 0. The molecule has 0 aromatic rings. The van der Waals surface area contributed by atoms with Crippen LogP contribution < -0.4 is 0 Å². The van der Waals surface area contributed by atoms with E-state index in [0.29, 0.717) is 0 Å². The average molecular weight is 289 g/mol. The van der Waals surface area contributed by atoms with E-state index >= 15 is 0 Å². The molecule has 0 unspecified atom stereocenters. The van der Waals surface area contributed by atoms with Crippen LogP contribution in [0.1, 0.15) is 0 Å². The molecule has 0 heterocycles. The predicted molar refractivity (Wildman–Crippen MR) is 21.4 cm³/mol. The molecule has 0 N–H and O–H groups in total. The van der Waals surface area contributed by atoms with E-state index in [2.05, 4.69) is 0 Å². The molecule has 0 bridgehead atoms. The summed E-state index contributed by atoms with van der Waals surface area (Å²) in [7, 11) is 0. The van der Waals surface area contributed by atoms with Crippen LogP contribution in [-0.2, 0) is 58.9 Å². The molecule has 0 saturated carbocycles. The topological polar surface area (TPSA) is 0 Å². The van der Waals surface area contributed by atoms with Gasteiger partial charge in [-0.15, -0.1) is 0 Å². The van der Waals surface area contributed by atoms with Crippen molar-refractivity contribution in [1.82, 2.24) is 0 Å². The van der Waals surface area contributed by atoms with Crippen molar-refractivity contribution in [2.75, 3.05) is 0 Å². The van der Waals surface area contributed by atoms with Crippen molar-refractivity contribution in [3.63, 3.8) is 0 Å². The Morgan fingerprint density at radius 1 is 1.00 bits per heavy atom. The second kappa shape index (κ2) is 37.2. The molecule has 0 saturated heterocycles. The third-order valence-electron chi connectivity index (χ3n) is 0. The van der Waals surface area contributed by atoms with Crippen molar-refractivity contribution < 1.29 is 58.9 Å². The fourth-order valence-corrected chi connectivity index (χ4v) is 0. The van der Waals surface area contributed by atoms with Crippen molar-refractivity contribution in [3.05, 3.63) is 0 Å². The zero-order valence-electron chi connectivity index (χ0n) is 1.96. The van der Waals surface area contributed by atoms with Gasteiger partial charge in [-0.25, -0.2) is 0 Å². The summed E-state index contributed by atoms with van der Waals surface area (Å²) >= 11 is 0. The van der Waals surface area contributed by atoms with Gasteiger partial charge in [-0.1, -0.05) is 0 Å². The van der Waals surface area contributed by atoms with Crippen LogP contribution in [0.5, 0.6) is 0 Å². The molecular formula is H3AgAlLiMgMnZn. The molecule has 0 aromatic carbocycles. The molecule has 0 amide bonds. The van der Waals surface area contributed by atoms with E-state index in [0.717, 1.165) is 0 Å². The Bertz CT molecular complexity index is 15.5. The fourth-order valence-electron chi connectivity index (χ4n) is 0. The molecule has 6 heteroatoms. The van der Waals surface area contributed by atoms with Gasteiger partial charge in [0.2, 0.25) is 0 Å². The standard InChI is InChI=1S/Ag.Al.Li.Mg.Mn.Zn.3H. The SMILES string of the molecule is [Ag].[Al].[LiH].[MgH2].[Mn].[Zn]. The summed E-state index contributed by atoms with van der Waals surface area (Å²) in [6.45, 7) is 0. The van der Waals surface area contributed by atoms with Gasteiger partial charge in [0, 0.05) is 76.3 Å². The fraction of sp³-hybridized carbons (Fsp3) is 0. The molecule has 0 aliphatic heterocycles. The van der Waals surface area contributed by atoms with Crippen LogP contribution in [0.2, 0.25) is 0 Å². The Balaban J connectivity index is 0. The van der Waals surface area contributed by atoms with Crippen LogP contribution in [-0.4, -0.2) is 59.3 Å². The molecule has 0 fully saturated rings. The van der Waals surface area contributed by atoms with Gasteiger partial charge in [-0.2, -0.15) is 0 Å². The third kappa shape index (κ3) is 25.0. The van der Waals surface area contributed by atoms with Gasteiger partial charge in [0.15, 0.2) is 0 Å². The first-order valence-electron chi connectivity index (χ1n) is 0. The summed E-state index contributed by atoms with van der Waals surface area (Å²) in [6.07, 6.45) is 0. The Labute approximate surface area is 116 Å². The molecule has 29 valence electrons. The maximum atomic E-state index is 0. The Hall–Kier alpha value is 3.78. The maximum absolute atomic E-state index is 0. The molecule has 0 atom stereocenters. The van der Waals surface area contributed by atoms with Gasteiger partial charge in [-0.3, -0.25) is 0 Å². The maximum Gasteiger partial charge on any atom is 0.316 e. The normalized spacial score (nSPS) is 0. The quantitative estimate of drug-likeness (QED) is 0.455. The van der Waals surface area contributed by atoms with E-state index in [1.807, 2.05) is 0 Å². The van der Waals surface area contributed by atoms with Crippen molar-refractivity contribution in [2.45, 2.75) is 0 Å². The monoisotopic (exact) mass is 287 g/mol. The molecule has 6 heavy (non-hydrogen) atoms. The largest absolute Gasteiger partial charge is 0.316 e. The van der Waals surface area contributed by atoms with E-state index in [-0.39, 0.29) is 118 Å². The smallest absolute Gasteiger partial charge is 0 e. The first-order chi connectivity index (χ1) is 0. The van der Waals surface area contributed by atoms with Gasteiger partial charge < -0.3 is 0 Å². The van der Waals surface area contributed by atoms with Crippen LogP contribution in [0.15, 0.2) is 0 Å². The van der Waals surface area contributed by atoms with Crippen LogP contribution in [0, 0.1) is 0 Å². The van der Waals surface area contributed by atoms with Crippen LogP contribution >= 0.6 is 0 Å². The molecule has 0 aliphatic carbocycles. The molecule has 5 radical (unpaired) electrons. The Morgan fingerprint density at radius 3 is 1.00 bits per heavy atom. The summed E-state index contributed by atoms with van der Waals surface area (Å²) in [5, 5.41) is 0. The molecule has 0 aliphatic rings. The van der Waals surface area contributed by atoms with Gasteiger partial charge in [0.1, 0.15) is 0 Å². The second-order valence-electron chi connectivity index (χ2n) is 0. The van der Waals surface area contributed by atoms with E-state index in [1.165, 1.54) is 0 Å². The zero-order chi connectivity index (χ0) is 0. The van der Waals surface area contributed by atoms with Gasteiger partial charge in [0.05, 0.1) is 0 Å². The average Bonchev–Trinajstić information content (AvgIpc) is 0. The van der Waals surface area contributed by atoms with Crippen LogP contribution in [0.25, 0.3) is 0 Å². The minimum Gasteiger partial charge on any atom is 0 e. The van der Waals surface area contributed by atoms with Crippen molar-refractivity contribution in [3.8, 4) is 0 Å². The summed E-state index contributed by atoms with van der Waals surface area (Å²) in [6, 6.07) is 0. The molecule has 0 spiro atoms. The van der Waals surface area contributed by atoms with Gasteiger partial charge in [-0.05, 0) is 0 Å². The second-order valence-corrected chi connectivity index (χ2v) is 0. The predicted octanol–water partition coefficient (Wildman–Crippen LogP) is -1.95. The summed E-state index contributed by atoms with van der Waals surface area (Å²) in [4.78, 5) is 0. The Morgan fingerprint density at radius 2 is 1.00 bits per heavy atom. The molecule has 0 nitrogen and oxygen atoms in total. The van der Waals surface area contributed by atoms with E-state index in [1.54, 1.807) is 0 Å². The number of rotatable bonds is 0. The van der Waals surface area contributed by atoms with Gasteiger partial charge >= 0.3 is 41.9 Å². The van der Waals surface area contributed by atoms with Crippen LogP contribution in [0.3, 0.4) is 0 Å². The molecule has 0 rings (SSSR count). The van der Waals surface area contributed by atoms with Crippen molar-refractivity contribution in [1.29, 1.82) is 0 Å². The third-order valence-corrected chi connectivity index (χ3v) is 0. The first-order valence-corrected chi connectivity index (χ1v) is 0. The van der Waals surface area contributed by atoms with E-state index < -0.39 is 0 Å². The summed E-state index contributed by atoms with van der Waals surface area (Å²) in [5.41, 5.74) is 0. The van der Waals surface area contributed by atoms with Crippen LogP contribution in [0.4, 0.5) is 0 Å². The number of hydrogen-bond donors (Lipinski definition) is 0. The molecular weight excluding hydrogens is 286 g/mol.